The van der Waals surface area contributed by atoms with Crippen molar-refractivity contribution in [2.24, 2.45) is 0 Å². The summed E-state index contributed by atoms with van der Waals surface area (Å²) in [5.41, 5.74) is 2.29. The van der Waals surface area contributed by atoms with Gasteiger partial charge in [-0.25, -0.2) is 0 Å². The summed E-state index contributed by atoms with van der Waals surface area (Å²) < 4.78 is 11.1. The van der Waals surface area contributed by atoms with Crippen LogP contribution in [0.2, 0.25) is 0 Å². The maximum atomic E-state index is 11.6. The maximum Gasteiger partial charge on any atom is 0.150 e. The third kappa shape index (κ3) is 6.54. The first-order valence-corrected chi connectivity index (χ1v) is 9.50. The van der Waals surface area contributed by atoms with Crippen LogP contribution in [0.15, 0.2) is 59.7 Å². The zero-order valence-corrected chi connectivity index (χ0v) is 16.4. The molecule has 0 aliphatic heterocycles. The second kappa shape index (κ2) is 11.5. The summed E-state index contributed by atoms with van der Waals surface area (Å²) in [6, 6.07) is 14.8. The Bertz CT molecular complexity index is 743. The van der Waals surface area contributed by atoms with E-state index in [0.717, 1.165) is 35.5 Å². The maximum absolute atomic E-state index is 11.6. The Hall–Kier alpha value is -3.14. The molecule has 0 heterocycles. The third-order valence-corrected chi connectivity index (χ3v) is 3.94. The lowest BCUT2D eigenvalue weighted by Crippen LogP contribution is -1.96. The van der Waals surface area contributed by atoms with Crippen LogP contribution in [0.3, 0.4) is 0 Å². The standard InChI is InChI=1S/C24H26O4/c1-3-13-27-23-9-5-19(6-10-23)15-21(17-25)22(18-26)16-20-7-11-24(12-8-20)28-14-4-2/h5-12,15-18H,3-4,13-14H2,1-2H3. The quantitative estimate of drug-likeness (QED) is 0.309. The van der Waals surface area contributed by atoms with E-state index in [1.165, 1.54) is 0 Å². The van der Waals surface area contributed by atoms with Crippen molar-refractivity contribution in [3.8, 4) is 11.5 Å². The van der Waals surface area contributed by atoms with Gasteiger partial charge in [-0.2, -0.15) is 0 Å². The number of ether oxygens (including phenoxy) is 2. The van der Waals surface area contributed by atoms with Crippen molar-refractivity contribution >= 4 is 24.7 Å². The number of carbonyl (C=O) groups is 2. The van der Waals surface area contributed by atoms with Crippen LogP contribution in [0.5, 0.6) is 11.5 Å². The second-order valence-electron chi connectivity index (χ2n) is 6.27. The lowest BCUT2D eigenvalue weighted by atomic mass is 10.0. The molecule has 0 saturated heterocycles. The molecule has 0 aliphatic carbocycles. The van der Waals surface area contributed by atoms with Crippen molar-refractivity contribution in [3.63, 3.8) is 0 Å². The minimum atomic E-state index is 0.323. The van der Waals surface area contributed by atoms with Crippen LogP contribution in [-0.4, -0.2) is 25.8 Å². The summed E-state index contributed by atoms with van der Waals surface area (Å²) in [6.07, 6.45) is 6.65. The molecule has 0 radical (unpaired) electrons. The highest BCUT2D eigenvalue weighted by Crippen LogP contribution is 2.20. The fourth-order valence-electron chi connectivity index (χ4n) is 2.49. The van der Waals surface area contributed by atoms with Gasteiger partial charge in [-0.15, -0.1) is 0 Å². The van der Waals surface area contributed by atoms with Crippen LogP contribution in [0.1, 0.15) is 37.8 Å². The Balaban J connectivity index is 2.19. The van der Waals surface area contributed by atoms with Crippen LogP contribution < -0.4 is 9.47 Å². The van der Waals surface area contributed by atoms with Gasteiger partial charge >= 0.3 is 0 Å². The van der Waals surface area contributed by atoms with E-state index in [1.807, 2.05) is 62.4 Å². The number of hydrogen-bond acceptors (Lipinski definition) is 4. The summed E-state index contributed by atoms with van der Waals surface area (Å²) in [6.45, 7) is 5.42. The molecule has 0 fully saturated rings. The molecule has 28 heavy (non-hydrogen) atoms. The Labute approximate surface area is 166 Å². The summed E-state index contributed by atoms with van der Waals surface area (Å²) in [4.78, 5) is 23.1. The van der Waals surface area contributed by atoms with Gasteiger partial charge < -0.3 is 9.47 Å². The molecule has 0 N–H and O–H groups in total. The topological polar surface area (TPSA) is 52.6 Å². The summed E-state index contributed by atoms with van der Waals surface area (Å²) >= 11 is 0. The van der Waals surface area contributed by atoms with Gasteiger partial charge in [-0.3, -0.25) is 9.59 Å². The van der Waals surface area contributed by atoms with Gasteiger partial charge in [0, 0.05) is 11.1 Å². The van der Waals surface area contributed by atoms with E-state index in [-0.39, 0.29) is 0 Å². The number of allylic oxidation sites excluding steroid dienone is 2. The minimum absolute atomic E-state index is 0.323. The molecule has 2 rings (SSSR count). The minimum Gasteiger partial charge on any atom is -0.494 e. The fraction of sp³-hybridized carbons (Fsp3) is 0.250. The molecule has 4 nitrogen and oxygen atoms in total. The van der Waals surface area contributed by atoms with Crippen LogP contribution in [0.4, 0.5) is 0 Å². The molecular weight excluding hydrogens is 352 g/mol. The van der Waals surface area contributed by atoms with E-state index in [4.69, 9.17) is 9.47 Å². The van der Waals surface area contributed by atoms with Gasteiger partial charge in [0.25, 0.3) is 0 Å². The highest BCUT2D eigenvalue weighted by atomic mass is 16.5. The van der Waals surface area contributed by atoms with E-state index < -0.39 is 0 Å². The lowest BCUT2D eigenvalue weighted by Gasteiger charge is -2.06. The molecule has 0 aliphatic rings. The Morgan fingerprint density at radius 3 is 1.32 bits per heavy atom. The van der Waals surface area contributed by atoms with Gasteiger partial charge in [0.15, 0.2) is 12.6 Å². The first-order chi connectivity index (χ1) is 13.7. The zero-order chi connectivity index (χ0) is 20.2. The van der Waals surface area contributed by atoms with Crippen molar-refractivity contribution in [2.45, 2.75) is 26.7 Å². The van der Waals surface area contributed by atoms with Gasteiger partial charge in [-0.05, 0) is 60.4 Å². The van der Waals surface area contributed by atoms with Crippen molar-refractivity contribution in [1.29, 1.82) is 0 Å². The molecule has 0 unspecified atom stereocenters. The zero-order valence-electron chi connectivity index (χ0n) is 16.4. The van der Waals surface area contributed by atoms with E-state index in [1.54, 1.807) is 12.2 Å². The average molecular weight is 378 g/mol. The number of hydrogen-bond donors (Lipinski definition) is 0. The summed E-state index contributed by atoms with van der Waals surface area (Å²) in [5.74, 6) is 1.56. The van der Waals surface area contributed by atoms with Gasteiger partial charge in [0.2, 0.25) is 0 Å². The lowest BCUT2D eigenvalue weighted by molar-refractivity contribution is -0.107. The van der Waals surface area contributed by atoms with Crippen molar-refractivity contribution in [1.82, 2.24) is 0 Å². The summed E-state index contributed by atoms with van der Waals surface area (Å²) in [7, 11) is 0. The molecule has 0 atom stereocenters. The van der Waals surface area contributed by atoms with E-state index >= 15 is 0 Å². The van der Waals surface area contributed by atoms with E-state index in [9.17, 15) is 9.59 Å². The van der Waals surface area contributed by atoms with Crippen LogP contribution in [0.25, 0.3) is 12.2 Å². The first kappa shape index (κ1) is 21.2. The largest absolute Gasteiger partial charge is 0.494 e. The number of rotatable bonds is 11. The molecule has 4 heteroatoms. The molecule has 0 amide bonds. The number of benzene rings is 2. The van der Waals surface area contributed by atoms with E-state index in [0.29, 0.717) is 36.9 Å². The highest BCUT2D eigenvalue weighted by Gasteiger charge is 2.05. The molecular formula is C24H26O4. The molecule has 2 aromatic carbocycles. The SMILES string of the molecule is CCCOc1ccc(C=C(C=O)C(C=O)=Cc2ccc(OCCC)cc2)cc1. The summed E-state index contributed by atoms with van der Waals surface area (Å²) in [5, 5.41) is 0. The van der Waals surface area contributed by atoms with E-state index in [2.05, 4.69) is 0 Å². The van der Waals surface area contributed by atoms with Crippen molar-refractivity contribution in [2.75, 3.05) is 13.2 Å². The smallest absolute Gasteiger partial charge is 0.150 e. The van der Waals surface area contributed by atoms with Gasteiger partial charge in [0.1, 0.15) is 11.5 Å². The normalized spacial score (nSPS) is 11.8. The van der Waals surface area contributed by atoms with Crippen LogP contribution >= 0.6 is 0 Å². The predicted molar refractivity (Wildman–Crippen MR) is 113 cm³/mol. The number of aldehydes is 2. The molecule has 2 aromatic rings. The monoisotopic (exact) mass is 378 g/mol. The molecule has 146 valence electrons. The average Bonchev–Trinajstić information content (AvgIpc) is 2.74. The Morgan fingerprint density at radius 2 is 1.04 bits per heavy atom. The fourth-order valence-corrected chi connectivity index (χ4v) is 2.49. The van der Waals surface area contributed by atoms with Gasteiger partial charge in [-0.1, -0.05) is 38.1 Å². The highest BCUT2D eigenvalue weighted by molar-refractivity contribution is 6.02. The second-order valence-corrected chi connectivity index (χ2v) is 6.27. The molecule has 0 saturated carbocycles. The Kier molecular flexibility index (Phi) is 8.73. The first-order valence-electron chi connectivity index (χ1n) is 9.50. The van der Waals surface area contributed by atoms with Crippen LogP contribution in [0, 0.1) is 0 Å². The molecule has 0 spiro atoms. The molecule has 0 bridgehead atoms. The molecule has 0 aromatic heterocycles. The number of carbonyl (C=O) groups excluding carboxylic acids is 2. The van der Waals surface area contributed by atoms with Crippen molar-refractivity contribution < 1.29 is 19.1 Å². The Morgan fingerprint density at radius 1 is 0.679 bits per heavy atom. The van der Waals surface area contributed by atoms with Crippen LogP contribution in [-0.2, 0) is 9.59 Å². The predicted octanol–water partition coefficient (Wildman–Crippen LogP) is 5.13. The van der Waals surface area contributed by atoms with Crippen molar-refractivity contribution in [3.05, 3.63) is 70.8 Å². The third-order valence-electron chi connectivity index (χ3n) is 3.94. The van der Waals surface area contributed by atoms with Gasteiger partial charge in [0.05, 0.1) is 13.2 Å².